The quantitative estimate of drug-likeness (QED) is 0.812. The average molecular weight is 242 g/mol. The van der Waals surface area contributed by atoms with Gasteiger partial charge >= 0.3 is 0 Å². The second-order valence-electron chi connectivity index (χ2n) is 3.49. The lowest BCUT2D eigenvalue weighted by Gasteiger charge is -2.13. The van der Waals surface area contributed by atoms with Crippen molar-refractivity contribution in [1.29, 1.82) is 0 Å². The van der Waals surface area contributed by atoms with Crippen LogP contribution < -0.4 is 5.32 Å². The number of aromatic nitrogens is 3. The van der Waals surface area contributed by atoms with Crippen molar-refractivity contribution in [2.24, 2.45) is 0 Å². The van der Waals surface area contributed by atoms with Crippen molar-refractivity contribution in [2.45, 2.75) is 13.0 Å². The van der Waals surface area contributed by atoms with Crippen molar-refractivity contribution >= 4 is 5.82 Å². The SMILES string of the molecule is CC(Nc1nc(F)c(F)cc1F)c1cn[nH]c1. The summed E-state index contributed by atoms with van der Waals surface area (Å²) in [7, 11) is 0. The van der Waals surface area contributed by atoms with Crippen LogP contribution in [0.4, 0.5) is 19.0 Å². The van der Waals surface area contributed by atoms with Gasteiger partial charge in [0.15, 0.2) is 17.5 Å². The fourth-order valence-corrected chi connectivity index (χ4v) is 1.33. The molecule has 0 aliphatic rings. The molecule has 0 amide bonds. The highest BCUT2D eigenvalue weighted by molar-refractivity contribution is 5.38. The first-order valence-corrected chi connectivity index (χ1v) is 4.84. The number of H-pyrrole nitrogens is 1. The first kappa shape index (κ1) is 11.4. The first-order valence-electron chi connectivity index (χ1n) is 4.84. The van der Waals surface area contributed by atoms with E-state index in [1.807, 2.05) is 0 Å². The number of rotatable bonds is 3. The standard InChI is InChI=1S/C10H9F3N4/c1-5(6-3-14-15-4-6)16-10-8(12)2-7(11)9(13)17-10/h2-5H,1H3,(H,14,15)(H,16,17). The number of halogens is 3. The Bertz CT molecular complexity index is 513. The van der Waals surface area contributed by atoms with Crippen LogP contribution in [0, 0.1) is 17.6 Å². The average Bonchev–Trinajstić information content (AvgIpc) is 2.79. The van der Waals surface area contributed by atoms with E-state index >= 15 is 0 Å². The predicted molar refractivity (Wildman–Crippen MR) is 54.7 cm³/mol. The van der Waals surface area contributed by atoms with Crippen molar-refractivity contribution in [1.82, 2.24) is 15.2 Å². The molecule has 0 aliphatic heterocycles. The third kappa shape index (κ3) is 2.38. The van der Waals surface area contributed by atoms with Gasteiger partial charge in [-0.3, -0.25) is 5.10 Å². The Hall–Kier alpha value is -2.05. The Morgan fingerprint density at radius 3 is 2.71 bits per heavy atom. The summed E-state index contributed by atoms with van der Waals surface area (Å²) >= 11 is 0. The normalized spacial score (nSPS) is 12.5. The van der Waals surface area contributed by atoms with E-state index in [2.05, 4.69) is 20.5 Å². The van der Waals surface area contributed by atoms with Crippen LogP contribution in [0.1, 0.15) is 18.5 Å². The fraction of sp³-hybridized carbons (Fsp3) is 0.200. The molecule has 0 spiro atoms. The Balaban J connectivity index is 2.22. The second-order valence-corrected chi connectivity index (χ2v) is 3.49. The van der Waals surface area contributed by atoms with Crippen molar-refractivity contribution in [3.05, 3.63) is 41.6 Å². The topological polar surface area (TPSA) is 53.6 Å². The van der Waals surface area contributed by atoms with Crippen LogP contribution in [0.25, 0.3) is 0 Å². The zero-order valence-electron chi connectivity index (χ0n) is 8.84. The highest BCUT2D eigenvalue weighted by Crippen LogP contribution is 2.20. The van der Waals surface area contributed by atoms with Crippen LogP contribution in [0.3, 0.4) is 0 Å². The maximum atomic E-state index is 13.3. The zero-order chi connectivity index (χ0) is 12.4. The minimum absolute atomic E-state index is 0.333. The predicted octanol–water partition coefficient (Wildman–Crippen LogP) is 2.40. The molecule has 0 bridgehead atoms. The van der Waals surface area contributed by atoms with Crippen LogP contribution in [-0.4, -0.2) is 15.2 Å². The van der Waals surface area contributed by atoms with E-state index in [0.29, 0.717) is 6.07 Å². The number of pyridine rings is 1. The maximum absolute atomic E-state index is 13.3. The van der Waals surface area contributed by atoms with Gasteiger partial charge in [-0.2, -0.15) is 14.5 Å². The fourth-order valence-electron chi connectivity index (χ4n) is 1.33. The summed E-state index contributed by atoms with van der Waals surface area (Å²) in [5, 5.41) is 8.95. The number of hydrogen-bond donors (Lipinski definition) is 2. The number of hydrogen-bond acceptors (Lipinski definition) is 3. The third-order valence-corrected chi connectivity index (χ3v) is 2.26. The van der Waals surface area contributed by atoms with Gasteiger partial charge in [0.1, 0.15) is 0 Å². The van der Waals surface area contributed by atoms with Gasteiger partial charge in [0.05, 0.1) is 12.2 Å². The monoisotopic (exact) mass is 242 g/mol. The summed E-state index contributed by atoms with van der Waals surface area (Å²) in [6.07, 6.45) is 3.14. The summed E-state index contributed by atoms with van der Waals surface area (Å²) in [6.45, 7) is 1.72. The molecule has 7 heteroatoms. The lowest BCUT2D eigenvalue weighted by molar-refractivity contribution is 0.465. The molecule has 0 aliphatic carbocycles. The Morgan fingerprint density at radius 1 is 1.29 bits per heavy atom. The zero-order valence-corrected chi connectivity index (χ0v) is 8.84. The van der Waals surface area contributed by atoms with Crippen LogP contribution >= 0.6 is 0 Å². The van der Waals surface area contributed by atoms with Gasteiger partial charge in [-0.25, -0.2) is 8.78 Å². The van der Waals surface area contributed by atoms with Crippen LogP contribution in [0.15, 0.2) is 18.5 Å². The molecule has 0 saturated carbocycles. The lowest BCUT2D eigenvalue weighted by atomic mass is 10.2. The van der Waals surface area contributed by atoms with Crippen LogP contribution in [-0.2, 0) is 0 Å². The molecular weight excluding hydrogens is 233 g/mol. The van der Waals surface area contributed by atoms with E-state index in [-0.39, 0.29) is 11.9 Å². The lowest BCUT2D eigenvalue weighted by Crippen LogP contribution is -2.10. The Morgan fingerprint density at radius 2 is 2.06 bits per heavy atom. The Kier molecular flexibility index (Phi) is 2.99. The van der Waals surface area contributed by atoms with Gasteiger partial charge in [0, 0.05) is 17.8 Å². The van der Waals surface area contributed by atoms with Gasteiger partial charge in [0.25, 0.3) is 5.95 Å². The number of nitrogens with one attached hydrogen (secondary N) is 2. The van der Waals surface area contributed by atoms with E-state index in [4.69, 9.17) is 0 Å². The number of aromatic amines is 1. The highest BCUT2D eigenvalue weighted by Gasteiger charge is 2.14. The minimum atomic E-state index is -1.34. The van der Waals surface area contributed by atoms with Gasteiger partial charge in [-0.1, -0.05) is 0 Å². The summed E-state index contributed by atoms with van der Waals surface area (Å²) in [5.74, 6) is -3.94. The van der Waals surface area contributed by atoms with Crippen molar-refractivity contribution < 1.29 is 13.2 Å². The molecule has 0 radical (unpaired) electrons. The molecule has 0 fully saturated rings. The van der Waals surface area contributed by atoms with Gasteiger partial charge in [0.2, 0.25) is 0 Å². The van der Waals surface area contributed by atoms with Gasteiger partial charge in [-0.05, 0) is 6.92 Å². The number of nitrogens with zero attached hydrogens (tertiary/aromatic N) is 2. The van der Waals surface area contributed by atoms with Gasteiger partial charge < -0.3 is 5.32 Å². The van der Waals surface area contributed by atoms with Crippen LogP contribution in [0.5, 0.6) is 0 Å². The molecule has 1 unspecified atom stereocenters. The molecule has 2 rings (SSSR count). The molecule has 1 atom stereocenters. The molecule has 0 aromatic carbocycles. The molecular formula is C10H9F3N4. The third-order valence-electron chi connectivity index (χ3n) is 2.26. The maximum Gasteiger partial charge on any atom is 0.251 e. The van der Waals surface area contributed by atoms with Crippen molar-refractivity contribution in [3.8, 4) is 0 Å². The number of anilines is 1. The van der Waals surface area contributed by atoms with Crippen molar-refractivity contribution in [3.63, 3.8) is 0 Å². The molecule has 2 aromatic heterocycles. The van der Waals surface area contributed by atoms with E-state index in [9.17, 15) is 13.2 Å². The van der Waals surface area contributed by atoms with E-state index in [1.54, 1.807) is 13.1 Å². The van der Waals surface area contributed by atoms with E-state index < -0.39 is 17.6 Å². The molecule has 17 heavy (non-hydrogen) atoms. The summed E-state index contributed by atoms with van der Waals surface area (Å²) < 4.78 is 38.8. The molecule has 4 nitrogen and oxygen atoms in total. The smallest absolute Gasteiger partial charge is 0.251 e. The Labute approximate surface area is 94.9 Å². The second kappa shape index (κ2) is 4.44. The summed E-state index contributed by atoms with van der Waals surface area (Å²) in [4.78, 5) is 3.16. The van der Waals surface area contributed by atoms with E-state index in [1.165, 1.54) is 6.20 Å². The molecule has 0 saturated heterocycles. The van der Waals surface area contributed by atoms with Crippen molar-refractivity contribution in [2.75, 3.05) is 5.32 Å². The van der Waals surface area contributed by atoms with Gasteiger partial charge in [-0.15, -0.1) is 0 Å². The van der Waals surface area contributed by atoms with E-state index in [0.717, 1.165) is 5.56 Å². The molecule has 2 heterocycles. The molecule has 2 N–H and O–H groups in total. The van der Waals surface area contributed by atoms with Crippen LogP contribution in [0.2, 0.25) is 0 Å². The molecule has 90 valence electrons. The summed E-state index contributed by atoms with van der Waals surface area (Å²) in [5.41, 5.74) is 0.746. The molecule has 2 aromatic rings. The largest absolute Gasteiger partial charge is 0.361 e. The minimum Gasteiger partial charge on any atom is -0.361 e. The summed E-state index contributed by atoms with van der Waals surface area (Å²) in [6, 6.07) is 0.118. The first-order chi connectivity index (χ1) is 8.08. The highest BCUT2D eigenvalue weighted by atomic mass is 19.2.